The van der Waals surface area contributed by atoms with Crippen molar-refractivity contribution in [3.05, 3.63) is 52.6 Å². The Morgan fingerprint density at radius 1 is 1.31 bits per heavy atom. The first kappa shape index (κ1) is 11.4. The van der Waals surface area contributed by atoms with Gasteiger partial charge in [-0.05, 0) is 19.4 Å². The zero-order valence-corrected chi connectivity index (χ0v) is 7.91. The van der Waals surface area contributed by atoms with E-state index in [1.165, 1.54) is 6.07 Å². The van der Waals surface area contributed by atoms with E-state index < -0.39 is 0 Å². The highest BCUT2D eigenvalue weighted by Gasteiger charge is 2.09. The summed E-state index contributed by atoms with van der Waals surface area (Å²) in [7, 11) is 0. The van der Waals surface area contributed by atoms with Crippen LogP contribution in [-0.2, 0) is 0 Å². The van der Waals surface area contributed by atoms with Crippen LogP contribution < -0.4 is 0 Å². The molecule has 0 saturated carbocycles. The smallest absolute Gasteiger partial charge is 0.258 e. The summed E-state index contributed by atoms with van der Waals surface area (Å²) in [6.07, 6.45) is 0. The second-order valence-electron chi connectivity index (χ2n) is 2.48. The molecule has 1 rings (SSSR count). The zero-order chi connectivity index (χ0) is 10.4. The molecular formula is C10H13NO2. The van der Waals surface area contributed by atoms with E-state index in [9.17, 15) is 10.1 Å². The van der Waals surface area contributed by atoms with Gasteiger partial charge in [-0.15, -0.1) is 13.2 Å². The van der Waals surface area contributed by atoms with Gasteiger partial charge in [0.2, 0.25) is 0 Å². The van der Waals surface area contributed by atoms with E-state index in [1.807, 2.05) is 13.0 Å². The first-order chi connectivity index (χ1) is 6.13. The number of hydrogen-bond acceptors (Lipinski definition) is 2. The molecule has 0 bridgehead atoms. The summed E-state index contributed by atoms with van der Waals surface area (Å²) in [6.45, 7) is 9.62. The predicted molar refractivity (Wildman–Crippen MR) is 53.8 cm³/mol. The fraction of sp³-hybridized carbons (Fsp3) is 0.200. The van der Waals surface area contributed by atoms with Crippen LogP contribution in [0.1, 0.15) is 11.1 Å². The average Bonchev–Trinajstić information content (AvgIpc) is 2.13. The van der Waals surface area contributed by atoms with E-state index in [2.05, 4.69) is 13.2 Å². The van der Waals surface area contributed by atoms with Crippen LogP contribution in [0.2, 0.25) is 0 Å². The Kier molecular flexibility index (Phi) is 4.44. The molecule has 0 radical (unpaired) electrons. The molecule has 1 aromatic carbocycles. The van der Waals surface area contributed by atoms with Gasteiger partial charge in [0.05, 0.1) is 4.92 Å². The van der Waals surface area contributed by atoms with Crippen LogP contribution in [-0.4, -0.2) is 4.92 Å². The number of benzene rings is 1. The molecule has 0 aliphatic carbocycles. The van der Waals surface area contributed by atoms with Gasteiger partial charge < -0.3 is 0 Å². The second-order valence-corrected chi connectivity index (χ2v) is 2.48. The summed E-state index contributed by atoms with van der Waals surface area (Å²) < 4.78 is 0. The number of hydrogen-bond donors (Lipinski definition) is 0. The molecule has 0 unspecified atom stereocenters. The van der Waals surface area contributed by atoms with Gasteiger partial charge in [0.1, 0.15) is 0 Å². The Hall–Kier alpha value is -1.64. The zero-order valence-electron chi connectivity index (χ0n) is 7.91. The first-order valence-corrected chi connectivity index (χ1v) is 3.83. The third kappa shape index (κ3) is 2.71. The predicted octanol–water partition coefficient (Wildman–Crippen LogP) is 3.01. The molecular weight excluding hydrogens is 166 g/mol. The number of nitro groups is 1. The Morgan fingerprint density at radius 2 is 1.85 bits per heavy atom. The molecule has 3 heteroatoms. The second kappa shape index (κ2) is 5.09. The van der Waals surface area contributed by atoms with E-state index in [1.54, 1.807) is 13.0 Å². The van der Waals surface area contributed by atoms with Gasteiger partial charge in [-0.1, -0.05) is 12.1 Å². The van der Waals surface area contributed by atoms with Gasteiger partial charge in [0.15, 0.2) is 0 Å². The van der Waals surface area contributed by atoms with Crippen molar-refractivity contribution in [1.82, 2.24) is 0 Å². The maximum absolute atomic E-state index is 10.4. The summed E-state index contributed by atoms with van der Waals surface area (Å²) in [5, 5.41) is 10.4. The van der Waals surface area contributed by atoms with Crippen molar-refractivity contribution < 1.29 is 4.92 Å². The van der Waals surface area contributed by atoms with Gasteiger partial charge in [0.25, 0.3) is 5.69 Å². The van der Waals surface area contributed by atoms with Gasteiger partial charge in [-0.2, -0.15) is 0 Å². The van der Waals surface area contributed by atoms with Crippen LogP contribution in [0.3, 0.4) is 0 Å². The molecule has 0 aromatic heterocycles. The molecule has 13 heavy (non-hydrogen) atoms. The lowest BCUT2D eigenvalue weighted by molar-refractivity contribution is -0.385. The quantitative estimate of drug-likeness (QED) is 0.378. The third-order valence-corrected chi connectivity index (χ3v) is 1.77. The van der Waals surface area contributed by atoms with E-state index in [4.69, 9.17) is 0 Å². The minimum Gasteiger partial charge on any atom is -0.258 e. The third-order valence-electron chi connectivity index (χ3n) is 1.77. The molecule has 0 saturated heterocycles. The van der Waals surface area contributed by atoms with E-state index in [0.29, 0.717) is 0 Å². The summed E-state index contributed by atoms with van der Waals surface area (Å²) in [4.78, 5) is 10.0. The molecule has 0 aliphatic rings. The standard InChI is InChI=1S/C8H9NO2.C2H4/c1-6-4-3-5-8(7(6)2)9(10)11;1-2/h3-5H,1-2H3;1-2H2. The van der Waals surface area contributed by atoms with Crippen LogP contribution in [0.15, 0.2) is 31.4 Å². The lowest BCUT2D eigenvalue weighted by Gasteiger charge is -1.98. The maximum atomic E-state index is 10.4. The van der Waals surface area contributed by atoms with Crippen molar-refractivity contribution in [2.75, 3.05) is 0 Å². The average molecular weight is 179 g/mol. The Bertz CT molecular complexity index is 308. The highest BCUT2D eigenvalue weighted by molar-refractivity contribution is 5.43. The summed E-state index contributed by atoms with van der Waals surface area (Å²) in [5.41, 5.74) is 1.90. The van der Waals surface area contributed by atoms with Gasteiger partial charge >= 0.3 is 0 Å². The Balaban J connectivity index is 0.000000671. The summed E-state index contributed by atoms with van der Waals surface area (Å²) in [5.74, 6) is 0. The van der Waals surface area contributed by atoms with Crippen LogP contribution in [0, 0.1) is 24.0 Å². The molecule has 3 nitrogen and oxygen atoms in total. The molecule has 0 N–H and O–H groups in total. The summed E-state index contributed by atoms with van der Waals surface area (Å²) >= 11 is 0. The molecule has 0 aliphatic heterocycles. The number of nitrogens with zero attached hydrogens (tertiary/aromatic N) is 1. The molecule has 70 valence electrons. The molecule has 0 heterocycles. The Labute approximate surface area is 77.9 Å². The molecule has 0 spiro atoms. The largest absolute Gasteiger partial charge is 0.272 e. The topological polar surface area (TPSA) is 43.1 Å². The van der Waals surface area contributed by atoms with Crippen molar-refractivity contribution in [3.8, 4) is 0 Å². The SMILES string of the molecule is C=C.Cc1cccc([N+](=O)[O-])c1C. The fourth-order valence-electron chi connectivity index (χ4n) is 0.933. The lowest BCUT2D eigenvalue weighted by atomic mass is 10.1. The van der Waals surface area contributed by atoms with Gasteiger partial charge in [-0.25, -0.2) is 0 Å². The van der Waals surface area contributed by atoms with Crippen LogP contribution in [0.5, 0.6) is 0 Å². The highest BCUT2D eigenvalue weighted by Crippen LogP contribution is 2.19. The lowest BCUT2D eigenvalue weighted by Crippen LogP contribution is -1.92. The van der Waals surface area contributed by atoms with Crippen molar-refractivity contribution >= 4 is 5.69 Å². The van der Waals surface area contributed by atoms with E-state index in [-0.39, 0.29) is 10.6 Å². The minimum absolute atomic E-state index is 0.199. The fourth-order valence-corrected chi connectivity index (χ4v) is 0.933. The molecule has 0 amide bonds. The van der Waals surface area contributed by atoms with Crippen molar-refractivity contribution in [3.63, 3.8) is 0 Å². The number of nitro benzene ring substituents is 1. The molecule has 0 fully saturated rings. The molecule has 1 aromatic rings. The van der Waals surface area contributed by atoms with Gasteiger partial charge in [0, 0.05) is 11.6 Å². The number of aryl methyl sites for hydroxylation is 1. The van der Waals surface area contributed by atoms with Crippen LogP contribution >= 0.6 is 0 Å². The normalized spacial score (nSPS) is 8.46. The van der Waals surface area contributed by atoms with Crippen molar-refractivity contribution in [1.29, 1.82) is 0 Å². The molecule has 0 atom stereocenters. The highest BCUT2D eigenvalue weighted by atomic mass is 16.6. The summed E-state index contributed by atoms with van der Waals surface area (Å²) in [6, 6.07) is 5.07. The Morgan fingerprint density at radius 3 is 2.23 bits per heavy atom. The van der Waals surface area contributed by atoms with Crippen molar-refractivity contribution in [2.45, 2.75) is 13.8 Å². The van der Waals surface area contributed by atoms with Crippen LogP contribution in [0.4, 0.5) is 5.69 Å². The van der Waals surface area contributed by atoms with Gasteiger partial charge in [-0.3, -0.25) is 10.1 Å². The van der Waals surface area contributed by atoms with E-state index >= 15 is 0 Å². The maximum Gasteiger partial charge on any atom is 0.272 e. The van der Waals surface area contributed by atoms with Crippen LogP contribution in [0.25, 0.3) is 0 Å². The first-order valence-electron chi connectivity index (χ1n) is 3.83. The van der Waals surface area contributed by atoms with Crippen molar-refractivity contribution in [2.24, 2.45) is 0 Å². The number of rotatable bonds is 1. The van der Waals surface area contributed by atoms with E-state index in [0.717, 1.165) is 11.1 Å². The minimum atomic E-state index is -0.359. The monoisotopic (exact) mass is 179 g/mol.